The Morgan fingerprint density at radius 2 is 1.66 bits per heavy atom. The van der Waals surface area contributed by atoms with Gasteiger partial charge in [0.1, 0.15) is 0 Å². The number of carbonyl (C=O) groups excluding carboxylic acids is 2. The molecule has 2 aliphatic rings. The van der Waals surface area contributed by atoms with E-state index < -0.39 is 0 Å². The van der Waals surface area contributed by atoms with Crippen molar-refractivity contribution in [3.8, 4) is 0 Å². The van der Waals surface area contributed by atoms with Gasteiger partial charge in [-0.2, -0.15) is 0 Å². The molecule has 2 saturated heterocycles. The Morgan fingerprint density at radius 3 is 2.31 bits per heavy atom. The number of aryl methyl sites for hydroxylation is 1. The van der Waals surface area contributed by atoms with Gasteiger partial charge in [-0.3, -0.25) is 19.4 Å². The van der Waals surface area contributed by atoms with Gasteiger partial charge in [-0.15, -0.1) is 0 Å². The normalized spacial score (nSPS) is 23.8. The fraction of sp³-hybridized carbons (Fsp3) is 0.636. The maximum absolute atomic E-state index is 12.7. The molecule has 2 amide bonds. The highest BCUT2D eigenvalue weighted by Crippen LogP contribution is 2.16. The molecule has 0 bridgehead atoms. The number of carbonyl (C=O) groups is 2. The molecule has 1 N–H and O–H groups in total. The molecule has 7 heteroatoms. The number of ether oxygens (including phenoxy) is 1. The minimum Gasteiger partial charge on any atom is -0.373 e. The van der Waals surface area contributed by atoms with Gasteiger partial charge < -0.3 is 15.0 Å². The zero-order chi connectivity index (χ0) is 20.8. The number of piperazine rings is 1. The summed E-state index contributed by atoms with van der Waals surface area (Å²) in [5, 5.41) is 3.03. The van der Waals surface area contributed by atoms with Gasteiger partial charge >= 0.3 is 0 Å². The molecule has 2 atom stereocenters. The van der Waals surface area contributed by atoms with Crippen LogP contribution in [0.15, 0.2) is 24.3 Å². The largest absolute Gasteiger partial charge is 0.373 e. The van der Waals surface area contributed by atoms with E-state index in [1.54, 1.807) is 0 Å². The third kappa shape index (κ3) is 6.26. The molecule has 0 aliphatic carbocycles. The molecular formula is C22H34N4O3. The van der Waals surface area contributed by atoms with Crippen molar-refractivity contribution in [2.75, 3.05) is 57.7 Å². The SMILES string of the molecule is CCc1ccccc1NC(=O)CN1CCN(C(=O)CN2C[C@@H](C)O[C@@H](C)C2)CC1. The predicted octanol–water partition coefficient (Wildman–Crippen LogP) is 1.44. The molecule has 2 heterocycles. The van der Waals surface area contributed by atoms with Gasteiger partial charge in [0.05, 0.1) is 25.3 Å². The van der Waals surface area contributed by atoms with Crippen molar-refractivity contribution in [2.24, 2.45) is 0 Å². The van der Waals surface area contributed by atoms with Crippen LogP contribution in [-0.4, -0.2) is 91.1 Å². The summed E-state index contributed by atoms with van der Waals surface area (Å²) in [5.74, 6) is 0.175. The van der Waals surface area contributed by atoms with Crippen molar-refractivity contribution in [1.82, 2.24) is 14.7 Å². The van der Waals surface area contributed by atoms with Crippen molar-refractivity contribution in [1.29, 1.82) is 0 Å². The lowest BCUT2D eigenvalue weighted by atomic mass is 10.1. The Kier molecular flexibility index (Phi) is 7.64. The summed E-state index contributed by atoms with van der Waals surface area (Å²) >= 11 is 0. The summed E-state index contributed by atoms with van der Waals surface area (Å²) in [6, 6.07) is 7.91. The van der Waals surface area contributed by atoms with E-state index >= 15 is 0 Å². The summed E-state index contributed by atoms with van der Waals surface area (Å²) in [5.41, 5.74) is 2.03. The van der Waals surface area contributed by atoms with Crippen LogP contribution >= 0.6 is 0 Å². The van der Waals surface area contributed by atoms with Crippen LogP contribution in [0.5, 0.6) is 0 Å². The van der Waals surface area contributed by atoms with Crippen LogP contribution in [0.4, 0.5) is 5.69 Å². The number of morpholine rings is 1. The fourth-order valence-corrected chi connectivity index (χ4v) is 4.20. The summed E-state index contributed by atoms with van der Waals surface area (Å²) in [6.07, 6.45) is 1.22. The van der Waals surface area contributed by atoms with Gasteiger partial charge in [-0.05, 0) is 31.9 Å². The molecule has 2 fully saturated rings. The lowest BCUT2D eigenvalue weighted by Crippen LogP contribution is -2.54. The zero-order valence-corrected chi connectivity index (χ0v) is 17.9. The van der Waals surface area contributed by atoms with Crippen LogP contribution in [0.3, 0.4) is 0 Å². The van der Waals surface area contributed by atoms with Crippen molar-refractivity contribution >= 4 is 17.5 Å². The second-order valence-corrected chi connectivity index (χ2v) is 8.17. The monoisotopic (exact) mass is 402 g/mol. The van der Waals surface area contributed by atoms with E-state index in [0.717, 1.165) is 43.9 Å². The van der Waals surface area contributed by atoms with E-state index in [9.17, 15) is 9.59 Å². The predicted molar refractivity (Wildman–Crippen MR) is 114 cm³/mol. The summed E-state index contributed by atoms with van der Waals surface area (Å²) < 4.78 is 5.74. The Labute approximate surface area is 174 Å². The fourth-order valence-electron chi connectivity index (χ4n) is 4.20. The molecule has 29 heavy (non-hydrogen) atoms. The Hall–Kier alpha value is -1.96. The average Bonchev–Trinajstić information content (AvgIpc) is 2.68. The molecule has 2 aliphatic heterocycles. The minimum atomic E-state index is 0.00182. The topological polar surface area (TPSA) is 65.1 Å². The molecule has 0 saturated carbocycles. The first kappa shape index (κ1) is 21.7. The quantitative estimate of drug-likeness (QED) is 0.780. The van der Waals surface area contributed by atoms with Crippen LogP contribution in [0.1, 0.15) is 26.3 Å². The van der Waals surface area contributed by atoms with Crippen LogP contribution in [0.25, 0.3) is 0 Å². The Balaban J connectivity index is 1.41. The standard InChI is InChI=1S/C22H34N4O3/c1-4-19-7-5-6-8-20(19)23-21(27)15-24-9-11-26(12-10-24)22(28)16-25-13-17(2)29-18(3)14-25/h5-8,17-18H,4,9-16H2,1-3H3,(H,23,27)/t17-,18+. The first-order chi connectivity index (χ1) is 13.9. The van der Waals surface area contributed by atoms with Gasteiger partial charge in [0, 0.05) is 45.0 Å². The van der Waals surface area contributed by atoms with E-state index in [1.165, 1.54) is 0 Å². The molecular weight excluding hydrogens is 368 g/mol. The average molecular weight is 403 g/mol. The van der Waals surface area contributed by atoms with Crippen LogP contribution in [0.2, 0.25) is 0 Å². The number of para-hydroxylation sites is 1. The molecule has 1 aromatic carbocycles. The molecule has 0 radical (unpaired) electrons. The van der Waals surface area contributed by atoms with Gasteiger partial charge in [-0.25, -0.2) is 0 Å². The van der Waals surface area contributed by atoms with Crippen LogP contribution in [-0.2, 0) is 20.7 Å². The number of rotatable bonds is 6. The van der Waals surface area contributed by atoms with Crippen molar-refractivity contribution in [2.45, 2.75) is 39.4 Å². The number of amides is 2. The van der Waals surface area contributed by atoms with Gasteiger partial charge in [0.15, 0.2) is 0 Å². The van der Waals surface area contributed by atoms with E-state index in [0.29, 0.717) is 26.2 Å². The smallest absolute Gasteiger partial charge is 0.238 e. The maximum Gasteiger partial charge on any atom is 0.238 e. The second kappa shape index (κ2) is 10.2. The highest BCUT2D eigenvalue weighted by Gasteiger charge is 2.27. The molecule has 1 aromatic rings. The van der Waals surface area contributed by atoms with Crippen LogP contribution in [0, 0.1) is 0 Å². The summed E-state index contributed by atoms with van der Waals surface area (Å²) in [7, 11) is 0. The third-order valence-electron chi connectivity index (χ3n) is 5.62. The molecule has 3 rings (SSSR count). The highest BCUT2D eigenvalue weighted by molar-refractivity contribution is 5.93. The zero-order valence-electron chi connectivity index (χ0n) is 17.9. The molecule has 160 valence electrons. The number of nitrogens with one attached hydrogen (secondary N) is 1. The summed E-state index contributed by atoms with van der Waals surface area (Å²) in [4.78, 5) is 31.3. The van der Waals surface area contributed by atoms with Crippen molar-refractivity contribution in [3.05, 3.63) is 29.8 Å². The number of benzene rings is 1. The van der Waals surface area contributed by atoms with E-state index in [2.05, 4.69) is 35.9 Å². The first-order valence-electron chi connectivity index (χ1n) is 10.7. The van der Waals surface area contributed by atoms with E-state index in [1.807, 2.05) is 29.2 Å². The van der Waals surface area contributed by atoms with Gasteiger partial charge in [-0.1, -0.05) is 25.1 Å². The first-order valence-corrected chi connectivity index (χ1v) is 10.7. The van der Waals surface area contributed by atoms with Crippen LogP contribution < -0.4 is 5.32 Å². The van der Waals surface area contributed by atoms with Gasteiger partial charge in [0.2, 0.25) is 11.8 Å². The van der Waals surface area contributed by atoms with Crippen molar-refractivity contribution < 1.29 is 14.3 Å². The number of hydrogen-bond donors (Lipinski definition) is 1. The van der Waals surface area contributed by atoms with Crippen molar-refractivity contribution in [3.63, 3.8) is 0 Å². The van der Waals surface area contributed by atoms with E-state index in [-0.39, 0.29) is 24.0 Å². The Bertz CT molecular complexity index is 693. The van der Waals surface area contributed by atoms with Gasteiger partial charge in [0.25, 0.3) is 0 Å². The number of anilines is 1. The summed E-state index contributed by atoms with van der Waals surface area (Å²) in [6.45, 7) is 11.4. The number of nitrogens with zero attached hydrogens (tertiary/aromatic N) is 3. The minimum absolute atomic E-state index is 0.00182. The van der Waals surface area contributed by atoms with E-state index in [4.69, 9.17) is 4.74 Å². The molecule has 7 nitrogen and oxygen atoms in total. The lowest BCUT2D eigenvalue weighted by Gasteiger charge is -2.38. The molecule has 0 aromatic heterocycles. The maximum atomic E-state index is 12.7. The Morgan fingerprint density at radius 1 is 1.00 bits per heavy atom. The number of hydrogen-bond acceptors (Lipinski definition) is 5. The highest BCUT2D eigenvalue weighted by atomic mass is 16.5. The second-order valence-electron chi connectivity index (χ2n) is 8.17. The molecule has 0 unspecified atom stereocenters. The third-order valence-corrected chi connectivity index (χ3v) is 5.62. The molecule has 0 spiro atoms. The lowest BCUT2D eigenvalue weighted by molar-refractivity contribution is -0.137.